The first-order valence-corrected chi connectivity index (χ1v) is 9.05. The molecule has 0 saturated heterocycles. The Morgan fingerprint density at radius 3 is 1.81 bits per heavy atom. The fourth-order valence-electron chi connectivity index (χ4n) is 4.49. The van der Waals surface area contributed by atoms with E-state index in [1.807, 2.05) is 0 Å². The van der Waals surface area contributed by atoms with Gasteiger partial charge in [0.15, 0.2) is 0 Å². The molecule has 0 saturated carbocycles. The molecule has 0 bridgehead atoms. The number of fused-ring (bicyclic) bond motifs is 3. The van der Waals surface area contributed by atoms with Gasteiger partial charge in [0.2, 0.25) is 0 Å². The quantitative estimate of drug-likeness (QED) is 0.218. The molecule has 0 aliphatic rings. The molecular formula is C26H16. The van der Waals surface area contributed by atoms with E-state index in [9.17, 15) is 0 Å². The average Bonchev–Trinajstić information content (AvgIpc) is 2.73. The van der Waals surface area contributed by atoms with Crippen molar-refractivity contribution in [3.8, 4) is 11.1 Å². The molecule has 0 aliphatic carbocycles. The molecule has 0 heterocycles. The third-order valence-corrected chi connectivity index (χ3v) is 5.60. The zero-order valence-electron chi connectivity index (χ0n) is 14.2. The summed E-state index contributed by atoms with van der Waals surface area (Å²) in [6.45, 7) is 0. The van der Waals surface area contributed by atoms with E-state index >= 15 is 0 Å². The summed E-state index contributed by atoms with van der Waals surface area (Å²) in [5.41, 5.74) is 2.59. The summed E-state index contributed by atoms with van der Waals surface area (Å²) in [6, 6.07) is 35.3. The van der Waals surface area contributed by atoms with E-state index in [1.165, 1.54) is 54.2 Å². The molecule has 0 aliphatic heterocycles. The summed E-state index contributed by atoms with van der Waals surface area (Å²) in [6.07, 6.45) is 0. The summed E-state index contributed by atoms with van der Waals surface area (Å²) in [5.74, 6) is 0. The maximum atomic E-state index is 2.28. The number of benzene rings is 6. The predicted octanol–water partition coefficient (Wildman–Crippen LogP) is 7.40. The van der Waals surface area contributed by atoms with Crippen LogP contribution in [0.1, 0.15) is 0 Å². The highest BCUT2D eigenvalue weighted by Gasteiger charge is 2.16. The van der Waals surface area contributed by atoms with Crippen LogP contribution in [0.25, 0.3) is 54.2 Å². The molecule has 0 spiro atoms. The van der Waals surface area contributed by atoms with Gasteiger partial charge >= 0.3 is 0 Å². The molecule has 0 heteroatoms. The minimum Gasteiger partial charge on any atom is -0.0622 e. The summed E-state index contributed by atoms with van der Waals surface area (Å²) >= 11 is 0. The van der Waals surface area contributed by atoms with E-state index in [1.54, 1.807) is 0 Å². The number of hydrogen-bond acceptors (Lipinski definition) is 0. The van der Waals surface area contributed by atoms with Crippen LogP contribution in [-0.4, -0.2) is 0 Å². The second-order valence-corrected chi connectivity index (χ2v) is 6.97. The lowest BCUT2D eigenvalue weighted by Crippen LogP contribution is -1.89. The van der Waals surface area contributed by atoms with Crippen LogP contribution in [0.15, 0.2) is 97.1 Å². The topological polar surface area (TPSA) is 0 Å². The Balaban J connectivity index is 1.99. The van der Waals surface area contributed by atoms with Crippen molar-refractivity contribution < 1.29 is 0 Å². The molecule has 0 N–H and O–H groups in total. The van der Waals surface area contributed by atoms with Gasteiger partial charge in [0.25, 0.3) is 0 Å². The Morgan fingerprint density at radius 1 is 0.346 bits per heavy atom. The predicted molar refractivity (Wildman–Crippen MR) is 113 cm³/mol. The third kappa shape index (κ3) is 1.74. The van der Waals surface area contributed by atoms with Crippen LogP contribution in [0.2, 0.25) is 0 Å². The van der Waals surface area contributed by atoms with E-state index in [2.05, 4.69) is 97.1 Å². The van der Waals surface area contributed by atoms with Gasteiger partial charge in [0.1, 0.15) is 0 Å². The number of rotatable bonds is 1. The monoisotopic (exact) mass is 328 g/mol. The normalized spacial score (nSPS) is 11.8. The molecule has 0 radical (unpaired) electrons. The van der Waals surface area contributed by atoms with Crippen molar-refractivity contribution in [2.75, 3.05) is 0 Å². The van der Waals surface area contributed by atoms with Gasteiger partial charge in [-0.1, -0.05) is 97.1 Å². The molecule has 0 unspecified atom stereocenters. The molecule has 0 fully saturated rings. The van der Waals surface area contributed by atoms with Crippen LogP contribution in [0, 0.1) is 0 Å². The van der Waals surface area contributed by atoms with E-state index < -0.39 is 0 Å². The highest BCUT2D eigenvalue weighted by Crippen LogP contribution is 2.44. The smallest absolute Gasteiger partial charge is 0.00141 e. The molecule has 120 valence electrons. The van der Waals surface area contributed by atoms with Crippen molar-refractivity contribution in [3.05, 3.63) is 97.1 Å². The van der Waals surface area contributed by atoms with Crippen LogP contribution >= 0.6 is 0 Å². The Labute approximate surface area is 151 Å². The Morgan fingerprint density at radius 2 is 0.962 bits per heavy atom. The van der Waals surface area contributed by atoms with Gasteiger partial charge in [-0.15, -0.1) is 0 Å². The van der Waals surface area contributed by atoms with Crippen LogP contribution in [0.4, 0.5) is 0 Å². The van der Waals surface area contributed by atoms with E-state index in [4.69, 9.17) is 0 Å². The number of hydrogen-bond donors (Lipinski definition) is 0. The molecule has 6 aromatic rings. The standard InChI is InChI=1S/C26H16/c1-2-7-17(8-3-1)20-16-15-19-14-13-18-9-6-12-22-21-10-4-5-11-23(21)26(20)25(19)24(18)22/h1-16H. The van der Waals surface area contributed by atoms with Crippen LogP contribution in [0.5, 0.6) is 0 Å². The van der Waals surface area contributed by atoms with Gasteiger partial charge in [-0.2, -0.15) is 0 Å². The summed E-state index contributed by atoms with van der Waals surface area (Å²) in [5, 5.41) is 10.8. The van der Waals surface area contributed by atoms with Crippen molar-refractivity contribution >= 4 is 43.1 Å². The van der Waals surface area contributed by atoms with Gasteiger partial charge in [0, 0.05) is 0 Å². The van der Waals surface area contributed by atoms with Crippen molar-refractivity contribution in [2.45, 2.75) is 0 Å². The minimum atomic E-state index is 1.27. The van der Waals surface area contributed by atoms with Gasteiger partial charge in [-0.05, 0) is 54.2 Å². The molecule has 0 nitrogen and oxygen atoms in total. The lowest BCUT2D eigenvalue weighted by molar-refractivity contribution is 1.67. The Hall–Kier alpha value is -3.38. The second kappa shape index (κ2) is 5.06. The Kier molecular flexibility index (Phi) is 2.70. The molecule has 0 aromatic heterocycles. The largest absolute Gasteiger partial charge is 0.0622 e. The SMILES string of the molecule is c1ccc(-c2ccc3ccc4cccc5c6ccccc6c2c3c45)cc1. The fraction of sp³-hybridized carbons (Fsp3) is 0. The highest BCUT2D eigenvalue weighted by molar-refractivity contribution is 6.35. The molecule has 0 atom stereocenters. The second-order valence-electron chi connectivity index (χ2n) is 6.97. The van der Waals surface area contributed by atoms with Crippen molar-refractivity contribution in [1.82, 2.24) is 0 Å². The molecule has 0 amide bonds. The molecule has 6 rings (SSSR count). The van der Waals surface area contributed by atoms with Crippen molar-refractivity contribution in [2.24, 2.45) is 0 Å². The lowest BCUT2D eigenvalue weighted by atomic mass is 9.86. The zero-order chi connectivity index (χ0) is 17.1. The summed E-state index contributed by atoms with van der Waals surface area (Å²) in [7, 11) is 0. The van der Waals surface area contributed by atoms with Gasteiger partial charge in [0.05, 0.1) is 0 Å². The van der Waals surface area contributed by atoms with Crippen molar-refractivity contribution in [3.63, 3.8) is 0 Å². The third-order valence-electron chi connectivity index (χ3n) is 5.60. The molecular weight excluding hydrogens is 312 g/mol. The van der Waals surface area contributed by atoms with E-state index in [-0.39, 0.29) is 0 Å². The highest BCUT2D eigenvalue weighted by atomic mass is 14.2. The molecule has 26 heavy (non-hydrogen) atoms. The van der Waals surface area contributed by atoms with Crippen LogP contribution in [0.3, 0.4) is 0 Å². The Bertz CT molecular complexity index is 1410. The summed E-state index contributed by atoms with van der Waals surface area (Å²) in [4.78, 5) is 0. The molecule has 6 aromatic carbocycles. The maximum Gasteiger partial charge on any atom is -0.00141 e. The first-order chi connectivity index (χ1) is 12.9. The van der Waals surface area contributed by atoms with E-state index in [0.29, 0.717) is 0 Å². The zero-order valence-corrected chi connectivity index (χ0v) is 14.2. The van der Waals surface area contributed by atoms with Crippen LogP contribution in [-0.2, 0) is 0 Å². The summed E-state index contributed by atoms with van der Waals surface area (Å²) < 4.78 is 0. The lowest BCUT2D eigenvalue weighted by Gasteiger charge is -2.17. The fourth-order valence-corrected chi connectivity index (χ4v) is 4.49. The first kappa shape index (κ1) is 13.9. The van der Waals surface area contributed by atoms with Crippen molar-refractivity contribution in [1.29, 1.82) is 0 Å². The average molecular weight is 328 g/mol. The first-order valence-electron chi connectivity index (χ1n) is 9.05. The maximum absolute atomic E-state index is 2.28. The van der Waals surface area contributed by atoms with E-state index in [0.717, 1.165) is 0 Å². The van der Waals surface area contributed by atoms with Gasteiger partial charge in [-0.25, -0.2) is 0 Å². The van der Waals surface area contributed by atoms with Crippen LogP contribution < -0.4 is 0 Å². The van der Waals surface area contributed by atoms with Gasteiger partial charge in [-0.3, -0.25) is 0 Å². The minimum absolute atomic E-state index is 1.27. The van der Waals surface area contributed by atoms with Gasteiger partial charge < -0.3 is 0 Å².